The van der Waals surface area contributed by atoms with E-state index in [0.29, 0.717) is 18.0 Å². The standard InChI is InChI=1S/C16H24N2O2/c1-2-18(11-13-7-6-8-13)12-16(17,15(19)20)14-9-4-3-5-10-14/h3-5,9-10,13H,2,6-8,11-12,17H2,1H3,(H,19,20). The van der Waals surface area contributed by atoms with E-state index in [1.807, 2.05) is 18.2 Å². The zero-order chi connectivity index (χ0) is 14.6. The molecule has 0 radical (unpaired) electrons. The van der Waals surface area contributed by atoms with Gasteiger partial charge < -0.3 is 15.7 Å². The van der Waals surface area contributed by atoms with Crippen molar-refractivity contribution in [3.05, 3.63) is 35.9 Å². The van der Waals surface area contributed by atoms with Gasteiger partial charge in [-0.05, 0) is 30.9 Å². The number of nitrogens with two attached hydrogens (primary N) is 1. The summed E-state index contributed by atoms with van der Waals surface area (Å²) in [7, 11) is 0. The maximum absolute atomic E-state index is 11.7. The molecule has 4 heteroatoms. The number of benzene rings is 1. The topological polar surface area (TPSA) is 66.6 Å². The molecule has 110 valence electrons. The summed E-state index contributed by atoms with van der Waals surface area (Å²) in [6.45, 7) is 4.20. The molecule has 0 aromatic heterocycles. The van der Waals surface area contributed by atoms with Gasteiger partial charge in [-0.15, -0.1) is 0 Å². The number of rotatable bonds is 7. The minimum absolute atomic E-state index is 0.360. The van der Waals surface area contributed by atoms with Crippen LogP contribution >= 0.6 is 0 Å². The second-order valence-electron chi connectivity index (χ2n) is 5.77. The van der Waals surface area contributed by atoms with E-state index in [9.17, 15) is 9.90 Å². The first-order valence-corrected chi connectivity index (χ1v) is 7.36. The van der Waals surface area contributed by atoms with Gasteiger partial charge in [-0.1, -0.05) is 43.7 Å². The molecule has 0 amide bonds. The highest BCUT2D eigenvalue weighted by Crippen LogP contribution is 2.28. The van der Waals surface area contributed by atoms with Crippen molar-refractivity contribution in [2.75, 3.05) is 19.6 Å². The van der Waals surface area contributed by atoms with Gasteiger partial charge in [0.25, 0.3) is 0 Å². The van der Waals surface area contributed by atoms with Crippen molar-refractivity contribution in [2.45, 2.75) is 31.7 Å². The third-order valence-electron chi connectivity index (χ3n) is 4.33. The van der Waals surface area contributed by atoms with Crippen LogP contribution in [0.15, 0.2) is 30.3 Å². The van der Waals surface area contributed by atoms with Crippen LogP contribution in [-0.2, 0) is 10.3 Å². The second kappa shape index (κ2) is 6.37. The summed E-state index contributed by atoms with van der Waals surface area (Å²) < 4.78 is 0. The predicted molar refractivity (Wildman–Crippen MR) is 79.4 cm³/mol. The zero-order valence-corrected chi connectivity index (χ0v) is 12.1. The molecular formula is C16H24N2O2. The van der Waals surface area contributed by atoms with Crippen molar-refractivity contribution in [1.29, 1.82) is 0 Å². The number of carboxylic acid groups (broad SMARTS) is 1. The summed E-state index contributed by atoms with van der Waals surface area (Å²) in [5.74, 6) is -0.250. The molecule has 2 rings (SSSR count). The number of aliphatic carboxylic acids is 1. The quantitative estimate of drug-likeness (QED) is 0.800. The lowest BCUT2D eigenvalue weighted by molar-refractivity contribution is -0.144. The smallest absolute Gasteiger partial charge is 0.329 e. The van der Waals surface area contributed by atoms with E-state index in [0.717, 1.165) is 13.1 Å². The van der Waals surface area contributed by atoms with Crippen LogP contribution in [0, 0.1) is 5.92 Å². The highest BCUT2D eigenvalue weighted by atomic mass is 16.4. The Bertz CT molecular complexity index is 445. The summed E-state index contributed by atoms with van der Waals surface area (Å²) in [4.78, 5) is 13.9. The minimum Gasteiger partial charge on any atom is -0.480 e. The van der Waals surface area contributed by atoms with Crippen LogP contribution in [0.25, 0.3) is 0 Å². The SMILES string of the molecule is CCN(CC1CCC1)CC(N)(C(=O)O)c1ccccc1. The largest absolute Gasteiger partial charge is 0.480 e. The zero-order valence-electron chi connectivity index (χ0n) is 12.1. The maximum atomic E-state index is 11.7. The van der Waals surface area contributed by atoms with Crippen LogP contribution in [0.2, 0.25) is 0 Å². The molecule has 1 aromatic carbocycles. The van der Waals surface area contributed by atoms with Gasteiger partial charge in [0, 0.05) is 13.1 Å². The fraction of sp³-hybridized carbons (Fsp3) is 0.562. The highest BCUT2D eigenvalue weighted by molar-refractivity contribution is 5.80. The molecule has 1 aromatic rings. The van der Waals surface area contributed by atoms with Crippen LogP contribution in [0.4, 0.5) is 0 Å². The predicted octanol–water partition coefficient (Wildman–Crippen LogP) is 2.05. The van der Waals surface area contributed by atoms with E-state index in [-0.39, 0.29) is 0 Å². The van der Waals surface area contributed by atoms with Gasteiger partial charge >= 0.3 is 5.97 Å². The Hall–Kier alpha value is -1.39. The van der Waals surface area contributed by atoms with Gasteiger partial charge in [-0.2, -0.15) is 0 Å². The maximum Gasteiger partial charge on any atom is 0.329 e. The normalized spacial score (nSPS) is 18.6. The number of hydrogen-bond acceptors (Lipinski definition) is 3. The molecule has 1 aliphatic carbocycles. The van der Waals surface area contributed by atoms with E-state index in [4.69, 9.17) is 5.73 Å². The molecule has 1 unspecified atom stereocenters. The second-order valence-corrected chi connectivity index (χ2v) is 5.77. The molecule has 1 atom stereocenters. The Balaban J connectivity index is 2.13. The molecule has 1 saturated carbocycles. The number of hydrogen-bond donors (Lipinski definition) is 2. The lowest BCUT2D eigenvalue weighted by atomic mass is 9.84. The van der Waals surface area contributed by atoms with E-state index in [1.165, 1.54) is 19.3 Å². The molecule has 4 nitrogen and oxygen atoms in total. The molecule has 20 heavy (non-hydrogen) atoms. The molecule has 3 N–H and O–H groups in total. The number of likely N-dealkylation sites (N-methyl/N-ethyl adjacent to an activating group) is 1. The Morgan fingerprint density at radius 2 is 2.05 bits per heavy atom. The van der Waals surface area contributed by atoms with Crippen LogP contribution in [0.1, 0.15) is 31.7 Å². The van der Waals surface area contributed by atoms with Crippen molar-refractivity contribution in [3.63, 3.8) is 0 Å². The van der Waals surface area contributed by atoms with Crippen molar-refractivity contribution in [1.82, 2.24) is 4.90 Å². The number of carbonyl (C=O) groups is 1. The lowest BCUT2D eigenvalue weighted by Gasteiger charge is -2.36. The third kappa shape index (κ3) is 3.19. The Kier molecular flexibility index (Phi) is 4.78. The highest BCUT2D eigenvalue weighted by Gasteiger charge is 2.38. The summed E-state index contributed by atoms with van der Waals surface area (Å²) in [5, 5.41) is 9.58. The fourth-order valence-corrected chi connectivity index (χ4v) is 2.72. The number of nitrogens with zero attached hydrogens (tertiary/aromatic N) is 1. The summed E-state index contributed by atoms with van der Waals surface area (Å²) in [6, 6.07) is 9.14. The van der Waals surface area contributed by atoms with Gasteiger partial charge in [0.15, 0.2) is 5.54 Å². The molecular weight excluding hydrogens is 252 g/mol. The van der Waals surface area contributed by atoms with Crippen LogP contribution in [0.5, 0.6) is 0 Å². The first kappa shape index (κ1) is 15.0. The lowest BCUT2D eigenvalue weighted by Crippen LogP contribution is -2.54. The molecule has 0 aliphatic heterocycles. The molecule has 1 fully saturated rings. The van der Waals surface area contributed by atoms with Gasteiger partial charge in [0.05, 0.1) is 0 Å². The molecule has 0 heterocycles. The van der Waals surface area contributed by atoms with Gasteiger partial charge in [-0.3, -0.25) is 0 Å². The first-order valence-electron chi connectivity index (χ1n) is 7.36. The monoisotopic (exact) mass is 276 g/mol. The molecule has 0 saturated heterocycles. The molecule has 0 bridgehead atoms. The average Bonchev–Trinajstić information content (AvgIpc) is 2.41. The number of carboxylic acids is 1. The van der Waals surface area contributed by atoms with Crippen LogP contribution in [0.3, 0.4) is 0 Å². The van der Waals surface area contributed by atoms with Crippen LogP contribution in [-0.4, -0.2) is 35.6 Å². The van der Waals surface area contributed by atoms with E-state index >= 15 is 0 Å². The van der Waals surface area contributed by atoms with Crippen molar-refractivity contribution >= 4 is 5.97 Å². The van der Waals surface area contributed by atoms with E-state index in [2.05, 4.69) is 11.8 Å². The van der Waals surface area contributed by atoms with Gasteiger partial charge in [0.1, 0.15) is 0 Å². The Labute approximate surface area is 120 Å². The van der Waals surface area contributed by atoms with Crippen molar-refractivity contribution in [3.8, 4) is 0 Å². The average molecular weight is 276 g/mol. The minimum atomic E-state index is -1.33. The summed E-state index contributed by atoms with van der Waals surface area (Å²) in [6.07, 6.45) is 3.81. The molecule has 1 aliphatic rings. The van der Waals surface area contributed by atoms with E-state index < -0.39 is 11.5 Å². The van der Waals surface area contributed by atoms with Crippen molar-refractivity contribution in [2.24, 2.45) is 11.7 Å². The molecule has 0 spiro atoms. The summed E-state index contributed by atoms with van der Waals surface area (Å²) >= 11 is 0. The first-order chi connectivity index (χ1) is 9.56. The Morgan fingerprint density at radius 1 is 1.40 bits per heavy atom. The Morgan fingerprint density at radius 3 is 2.50 bits per heavy atom. The van der Waals surface area contributed by atoms with E-state index in [1.54, 1.807) is 12.1 Å². The van der Waals surface area contributed by atoms with Gasteiger partial charge in [-0.25, -0.2) is 4.79 Å². The fourth-order valence-electron chi connectivity index (χ4n) is 2.72. The third-order valence-corrected chi connectivity index (χ3v) is 4.33. The van der Waals surface area contributed by atoms with Gasteiger partial charge in [0.2, 0.25) is 0 Å². The van der Waals surface area contributed by atoms with Crippen molar-refractivity contribution < 1.29 is 9.90 Å². The summed E-state index contributed by atoms with van der Waals surface area (Å²) in [5.41, 5.74) is 5.57. The van der Waals surface area contributed by atoms with Crippen LogP contribution < -0.4 is 5.73 Å².